The Morgan fingerprint density at radius 2 is 1.57 bits per heavy atom. The fourth-order valence-electron chi connectivity index (χ4n) is 3.29. The molecule has 2 aromatic carbocycles. The molecule has 0 atom stereocenters. The first-order chi connectivity index (χ1) is 14.6. The summed E-state index contributed by atoms with van der Waals surface area (Å²) in [6.45, 7) is 3.88. The molecule has 0 spiro atoms. The van der Waals surface area contributed by atoms with Gasteiger partial charge in [-0.3, -0.25) is 4.90 Å². The van der Waals surface area contributed by atoms with Gasteiger partial charge in [-0.1, -0.05) is 35.3 Å². The normalized spacial score (nSPS) is 14.7. The monoisotopic (exact) mass is 445 g/mol. The van der Waals surface area contributed by atoms with Crippen molar-refractivity contribution in [2.75, 3.05) is 26.2 Å². The minimum Gasteiger partial charge on any atom is -0.334 e. The second kappa shape index (κ2) is 9.42. The smallest absolute Gasteiger partial charge is 0.317 e. The number of carbonyl (C=O) groups excluding carboxylic acids is 1. The Kier molecular flexibility index (Phi) is 6.47. The molecule has 10 heteroatoms. The number of amides is 2. The van der Waals surface area contributed by atoms with Gasteiger partial charge in [0.05, 0.1) is 12.2 Å². The van der Waals surface area contributed by atoms with Crippen molar-refractivity contribution < 1.29 is 4.79 Å². The number of hydrogen-bond donors (Lipinski definition) is 1. The van der Waals surface area contributed by atoms with Crippen LogP contribution in [-0.4, -0.2) is 62.2 Å². The van der Waals surface area contributed by atoms with Crippen molar-refractivity contribution in [3.8, 4) is 5.69 Å². The highest BCUT2D eigenvalue weighted by molar-refractivity contribution is 6.30. The topological polar surface area (TPSA) is 79.2 Å². The minimum atomic E-state index is -0.0596. The van der Waals surface area contributed by atoms with Crippen LogP contribution in [0.25, 0.3) is 5.69 Å². The highest BCUT2D eigenvalue weighted by Crippen LogP contribution is 2.15. The van der Waals surface area contributed by atoms with E-state index in [1.165, 1.54) is 0 Å². The molecular formula is C20H21Cl2N7O. The van der Waals surface area contributed by atoms with Crippen LogP contribution in [0.4, 0.5) is 4.79 Å². The summed E-state index contributed by atoms with van der Waals surface area (Å²) in [4.78, 5) is 16.5. The summed E-state index contributed by atoms with van der Waals surface area (Å²) in [5, 5.41) is 16.4. The Bertz CT molecular complexity index is 983. The van der Waals surface area contributed by atoms with E-state index in [4.69, 9.17) is 23.2 Å². The number of halogens is 2. The Labute approximate surface area is 184 Å². The predicted molar refractivity (Wildman–Crippen MR) is 115 cm³/mol. The van der Waals surface area contributed by atoms with Crippen LogP contribution in [0, 0.1) is 0 Å². The van der Waals surface area contributed by atoms with E-state index in [2.05, 4.69) is 25.7 Å². The van der Waals surface area contributed by atoms with Crippen LogP contribution in [0.15, 0.2) is 48.5 Å². The molecule has 1 fully saturated rings. The highest BCUT2D eigenvalue weighted by Gasteiger charge is 2.22. The predicted octanol–water partition coefficient (Wildman–Crippen LogP) is 3.00. The van der Waals surface area contributed by atoms with Crippen molar-refractivity contribution in [2.45, 2.75) is 13.1 Å². The van der Waals surface area contributed by atoms with Crippen LogP contribution in [0.5, 0.6) is 0 Å². The first-order valence-electron chi connectivity index (χ1n) is 9.61. The molecule has 1 aromatic heterocycles. The molecule has 1 N–H and O–H groups in total. The van der Waals surface area contributed by atoms with Crippen molar-refractivity contribution in [1.82, 2.24) is 35.3 Å². The van der Waals surface area contributed by atoms with Gasteiger partial charge in [-0.2, -0.15) is 4.68 Å². The van der Waals surface area contributed by atoms with E-state index in [9.17, 15) is 4.79 Å². The Morgan fingerprint density at radius 1 is 0.933 bits per heavy atom. The zero-order valence-electron chi connectivity index (χ0n) is 16.2. The van der Waals surface area contributed by atoms with Gasteiger partial charge < -0.3 is 10.2 Å². The Morgan fingerprint density at radius 3 is 2.23 bits per heavy atom. The van der Waals surface area contributed by atoms with E-state index >= 15 is 0 Å². The van der Waals surface area contributed by atoms with Gasteiger partial charge in [-0.05, 0) is 52.4 Å². The summed E-state index contributed by atoms with van der Waals surface area (Å²) in [5.74, 6) is 0.748. The number of urea groups is 1. The van der Waals surface area contributed by atoms with E-state index in [0.717, 1.165) is 30.2 Å². The van der Waals surface area contributed by atoms with Crippen molar-refractivity contribution in [3.63, 3.8) is 0 Å². The SMILES string of the molecule is O=C(NCc1ccc(Cl)cc1)N1CCN(Cc2nnnn2-c2ccc(Cl)cc2)CC1. The highest BCUT2D eigenvalue weighted by atomic mass is 35.5. The fourth-order valence-corrected chi connectivity index (χ4v) is 3.54. The molecule has 0 aliphatic carbocycles. The molecule has 0 unspecified atom stereocenters. The molecule has 3 aromatic rings. The maximum atomic E-state index is 12.5. The Hall–Kier alpha value is -2.68. The summed E-state index contributed by atoms with van der Waals surface area (Å²) in [7, 11) is 0. The van der Waals surface area contributed by atoms with Crippen LogP contribution >= 0.6 is 23.2 Å². The third-order valence-corrected chi connectivity index (χ3v) is 5.49. The molecule has 2 heterocycles. The van der Waals surface area contributed by atoms with Gasteiger partial charge in [0.2, 0.25) is 0 Å². The molecule has 0 radical (unpaired) electrons. The van der Waals surface area contributed by atoms with Gasteiger partial charge in [0.25, 0.3) is 0 Å². The first kappa shape index (κ1) is 20.6. The molecule has 1 saturated heterocycles. The average Bonchev–Trinajstić information content (AvgIpc) is 3.22. The van der Waals surface area contributed by atoms with E-state index < -0.39 is 0 Å². The molecular weight excluding hydrogens is 425 g/mol. The number of aromatic nitrogens is 4. The summed E-state index contributed by atoms with van der Waals surface area (Å²) < 4.78 is 1.71. The number of piperazine rings is 1. The largest absolute Gasteiger partial charge is 0.334 e. The lowest BCUT2D eigenvalue weighted by molar-refractivity contribution is 0.133. The van der Waals surface area contributed by atoms with Crippen LogP contribution in [0.2, 0.25) is 10.0 Å². The summed E-state index contributed by atoms with van der Waals surface area (Å²) in [6.07, 6.45) is 0. The second-order valence-electron chi connectivity index (χ2n) is 7.03. The third-order valence-electron chi connectivity index (χ3n) is 4.99. The zero-order chi connectivity index (χ0) is 20.9. The Balaban J connectivity index is 1.28. The first-order valence-corrected chi connectivity index (χ1v) is 10.4. The zero-order valence-corrected chi connectivity index (χ0v) is 17.7. The summed E-state index contributed by atoms with van der Waals surface area (Å²) in [6, 6.07) is 14.8. The van der Waals surface area contributed by atoms with Crippen LogP contribution in [0.3, 0.4) is 0 Å². The van der Waals surface area contributed by atoms with Gasteiger partial charge in [-0.15, -0.1) is 5.10 Å². The lowest BCUT2D eigenvalue weighted by Crippen LogP contribution is -2.51. The average molecular weight is 446 g/mol. The third kappa shape index (κ3) is 5.08. The number of nitrogens with one attached hydrogen (secondary N) is 1. The van der Waals surface area contributed by atoms with Crippen molar-refractivity contribution in [2.24, 2.45) is 0 Å². The molecule has 2 amide bonds. The second-order valence-corrected chi connectivity index (χ2v) is 7.90. The van der Waals surface area contributed by atoms with E-state index in [1.807, 2.05) is 53.4 Å². The van der Waals surface area contributed by atoms with Gasteiger partial charge in [-0.25, -0.2) is 4.79 Å². The molecule has 0 bridgehead atoms. The van der Waals surface area contributed by atoms with Gasteiger partial charge in [0.15, 0.2) is 5.82 Å². The number of rotatable bonds is 5. The molecule has 8 nitrogen and oxygen atoms in total. The minimum absolute atomic E-state index is 0.0596. The fraction of sp³-hybridized carbons (Fsp3) is 0.300. The van der Waals surface area contributed by atoms with Crippen LogP contribution in [0.1, 0.15) is 11.4 Å². The van der Waals surface area contributed by atoms with Gasteiger partial charge in [0.1, 0.15) is 0 Å². The molecule has 4 rings (SSSR count). The number of hydrogen-bond acceptors (Lipinski definition) is 5. The van der Waals surface area contributed by atoms with E-state index in [0.29, 0.717) is 36.2 Å². The van der Waals surface area contributed by atoms with Crippen molar-refractivity contribution in [1.29, 1.82) is 0 Å². The van der Waals surface area contributed by atoms with Crippen molar-refractivity contribution >= 4 is 29.2 Å². The molecule has 30 heavy (non-hydrogen) atoms. The maximum Gasteiger partial charge on any atom is 0.317 e. The summed E-state index contributed by atoms with van der Waals surface area (Å²) in [5.41, 5.74) is 1.88. The maximum absolute atomic E-state index is 12.5. The molecule has 1 aliphatic heterocycles. The van der Waals surface area contributed by atoms with Crippen LogP contribution in [-0.2, 0) is 13.1 Å². The van der Waals surface area contributed by atoms with Crippen molar-refractivity contribution in [3.05, 3.63) is 70.0 Å². The standard InChI is InChI=1S/C20H21Cl2N7O/c21-16-3-1-15(2-4-16)13-23-20(30)28-11-9-27(10-12-28)14-19-24-25-26-29(19)18-7-5-17(22)6-8-18/h1-8H,9-14H2,(H,23,30). The lowest BCUT2D eigenvalue weighted by Gasteiger charge is -2.34. The van der Waals surface area contributed by atoms with Gasteiger partial charge in [0, 0.05) is 42.8 Å². The number of benzene rings is 2. The number of tetrazole rings is 1. The summed E-state index contributed by atoms with van der Waals surface area (Å²) >= 11 is 11.9. The van der Waals surface area contributed by atoms with Crippen LogP contribution < -0.4 is 5.32 Å². The van der Waals surface area contributed by atoms with E-state index in [-0.39, 0.29) is 6.03 Å². The molecule has 156 valence electrons. The quantitative estimate of drug-likeness (QED) is 0.652. The van der Waals surface area contributed by atoms with E-state index in [1.54, 1.807) is 4.68 Å². The number of nitrogens with zero attached hydrogens (tertiary/aromatic N) is 6. The molecule has 0 saturated carbocycles. The number of carbonyl (C=O) groups is 1. The van der Waals surface area contributed by atoms with Gasteiger partial charge >= 0.3 is 6.03 Å². The molecule has 1 aliphatic rings. The lowest BCUT2D eigenvalue weighted by atomic mass is 10.2.